The van der Waals surface area contributed by atoms with Crippen LogP contribution in [0, 0.1) is 19.7 Å². The molecule has 5 heterocycles. The third-order valence-electron chi connectivity index (χ3n) is 9.61. The van der Waals surface area contributed by atoms with Crippen molar-refractivity contribution in [2.75, 3.05) is 36.5 Å². The number of fused-ring (bicyclic) bond motifs is 3. The number of aryl methyl sites for hydroxylation is 2. The second kappa shape index (κ2) is 11.2. The molecule has 47 heavy (non-hydrogen) atoms. The number of aromatic amines is 1. The van der Waals surface area contributed by atoms with Crippen molar-refractivity contribution in [3.63, 3.8) is 0 Å². The van der Waals surface area contributed by atoms with Crippen LogP contribution in [0.25, 0.3) is 38.6 Å². The fraction of sp³-hybridized carbons (Fsp3) is 0.343. The predicted octanol–water partition coefficient (Wildman–Crippen LogP) is 5.90. The van der Waals surface area contributed by atoms with Crippen LogP contribution in [-0.4, -0.2) is 74.3 Å². The maximum atomic E-state index is 17.6. The first-order valence-electron chi connectivity index (χ1n) is 15.7. The molecule has 5 aromatic rings. The minimum atomic E-state index is -0.547. The molecule has 12 heteroatoms. The highest BCUT2D eigenvalue weighted by Gasteiger charge is 2.41. The SMILES string of the molecule is C=CC(=O)N1CC2CN(C)c3c(F)c(-c4c(C)ccc5[nH]ncc45)c(Cl)c4c3c(nc(=O)n4-c3c(C)ccnc3C(C)C)N2CC1C. The van der Waals surface area contributed by atoms with E-state index in [-0.39, 0.29) is 40.2 Å². The summed E-state index contributed by atoms with van der Waals surface area (Å²) in [5, 5.41) is 8.46. The number of likely N-dealkylation sites (N-methyl/N-ethyl adjacent to an activating group) is 1. The number of H-pyrrole nitrogens is 1. The summed E-state index contributed by atoms with van der Waals surface area (Å²) in [6.45, 7) is 14.6. The van der Waals surface area contributed by atoms with E-state index in [0.29, 0.717) is 58.7 Å². The van der Waals surface area contributed by atoms with Crippen LogP contribution in [0.15, 0.2) is 48.0 Å². The van der Waals surface area contributed by atoms with Crippen molar-refractivity contribution in [2.45, 2.75) is 52.6 Å². The van der Waals surface area contributed by atoms with Crippen LogP contribution in [0.4, 0.5) is 15.9 Å². The Morgan fingerprint density at radius 2 is 1.89 bits per heavy atom. The number of carbonyl (C=O) groups is 1. The largest absolute Gasteiger partial charge is 0.369 e. The van der Waals surface area contributed by atoms with Crippen LogP contribution in [0.2, 0.25) is 5.02 Å². The number of halogens is 2. The number of pyridine rings is 1. The van der Waals surface area contributed by atoms with Gasteiger partial charge in [-0.15, -0.1) is 0 Å². The quantitative estimate of drug-likeness (QED) is 0.241. The Kier molecular flexibility index (Phi) is 7.35. The van der Waals surface area contributed by atoms with Gasteiger partial charge in [0.15, 0.2) is 5.82 Å². The van der Waals surface area contributed by atoms with E-state index in [0.717, 1.165) is 16.6 Å². The van der Waals surface area contributed by atoms with Crippen molar-refractivity contribution >= 4 is 50.8 Å². The van der Waals surface area contributed by atoms with E-state index in [1.165, 1.54) is 10.6 Å². The van der Waals surface area contributed by atoms with Crippen LogP contribution in [-0.2, 0) is 4.79 Å². The van der Waals surface area contributed by atoms with E-state index in [4.69, 9.17) is 16.6 Å². The molecule has 1 amide bonds. The summed E-state index contributed by atoms with van der Waals surface area (Å²) in [4.78, 5) is 42.4. The molecular weight excluding hydrogens is 619 g/mol. The molecule has 3 aromatic heterocycles. The first-order chi connectivity index (χ1) is 22.4. The van der Waals surface area contributed by atoms with Crippen molar-refractivity contribution in [3.05, 3.63) is 81.4 Å². The molecule has 0 saturated carbocycles. The Labute approximate surface area is 276 Å². The van der Waals surface area contributed by atoms with E-state index in [2.05, 4.69) is 21.8 Å². The standard InChI is InChI=1S/C35H36ClFN8O2/c1-8-24(46)43-16-21-15-42(7)33-27-32(28(36)26(29(33)37)25-18(4)9-10-23-22(25)13-39-41-23)45(31-19(5)11-12-38-30(31)17(2)3)35(47)40-34(27)44(21)14-20(43)6/h8-13,17,20-21H,1,14-16H2,2-7H3,(H,39,41). The first-order valence-corrected chi connectivity index (χ1v) is 16.1. The fourth-order valence-electron chi connectivity index (χ4n) is 7.40. The van der Waals surface area contributed by atoms with Gasteiger partial charge in [0.1, 0.15) is 5.82 Å². The van der Waals surface area contributed by atoms with Gasteiger partial charge in [-0.25, -0.2) is 9.18 Å². The predicted molar refractivity (Wildman–Crippen MR) is 185 cm³/mol. The minimum Gasteiger partial charge on any atom is -0.369 e. The Hall–Kier alpha value is -4.77. The normalized spacial score (nSPS) is 17.9. The number of benzene rings is 2. The molecule has 0 aliphatic carbocycles. The molecule has 0 bridgehead atoms. The number of hydrogen-bond donors (Lipinski definition) is 1. The van der Waals surface area contributed by atoms with Crippen LogP contribution in [0.5, 0.6) is 0 Å². The van der Waals surface area contributed by atoms with Crippen molar-refractivity contribution in [1.82, 2.24) is 29.6 Å². The Bertz CT molecular complexity index is 2190. The molecule has 2 aromatic carbocycles. The second-order valence-electron chi connectivity index (χ2n) is 13.0. The van der Waals surface area contributed by atoms with Gasteiger partial charge in [-0.1, -0.05) is 38.1 Å². The molecule has 2 aliphatic rings. The van der Waals surface area contributed by atoms with E-state index in [1.54, 1.807) is 17.3 Å². The molecule has 7 rings (SSSR count). The van der Waals surface area contributed by atoms with Gasteiger partial charge >= 0.3 is 5.69 Å². The fourth-order valence-corrected chi connectivity index (χ4v) is 7.76. The lowest BCUT2D eigenvalue weighted by Crippen LogP contribution is -2.61. The highest BCUT2D eigenvalue weighted by Crippen LogP contribution is 2.50. The van der Waals surface area contributed by atoms with Crippen LogP contribution < -0.4 is 15.5 Å². The average molecular weight is 655 g/mol. The molecule has 0 radical (unpaired) electrons. The molecule has 10 nitrogen and oxygen atoms in total. The van der Waals surface area contributed by atoms with Gasteiger partial charge in [0.05, 0.1) is 50.7 Å². The van der Waals surface area contributed by atoms with Crippen LogP contribution >= 0.6 is 11.6 Å². The minimum absolute atomic E-state index is 0.0364. The zero-order valence-electron chi connectivity index (χ0n) is 27.2. The van der Waals surface area contributed by atoms with Gasteiger partial charge in [0.25, 0.3) is 0 Å². The third-order valence-corrected chi connectivity index (χ3v) is 9.98. The molecule has 1 saturated heterocycles. The van der Waals surface area contributed by atoms with E-state index in [1.807, 2.05) is 69.7 Å². The van der Waals surface area contributed by atoms with Gasteiger partial charge in [0, 0.05) is 55.4 Å². The van der Waals surface area contributed by atoms with Crippen molar-refractivity contribution in [2.24, 2.45) is 0 Å². The highest BCUT2D eigenvalue weighted by atomic mass is 35.5. The molecule has 242 valence electrons. The Morgan fingerprint density at radius 3 is 2.62 bits per heavy atom. The number of nitrogens with one attached hydrogen (secondary N) is 1. The molecular formula is C35H36ClFN8O2. The number of amides is 1. The summed E-state index contributed by atoms with van der Waals surface area (Å²) in [5.74, 6) is -0.385. The van der Waals surface area contributed by atoms with Crippen LogP contribution in [0.3, 0.4) is 0 Å². The van der Waals surface area contributed by atoms with E-state index in [9.17, 15) is 9.59 Å². The van der Waals surface area contributed by atoms with Crippen molar-refractivity contribution in [1.29, 1.82) is 0 Å². The first kappa shape index (κ1) is 30.9. The monoisotopic (exact) mass is 654 g/mol. The zero-order chi connectivity index (χ0) is 33.5. The zero-order valence-corrected chi connectivity index (χ0v) is 28.0. The van der Waals surface area contributed by atoms with Crippen molar-refractivity contribution in [3.8, 4) is 16.8 Å². The van der Waals surface area contributed by atoms with E-state index < -0.39 is 11.5 Å². The van der Waals surface area contributed by atoms with Gasteiger partial charge in [-0.3, -0.25) is 19.4 Å². The van der Waals surface area contributed by atoms with Crippen molar-refractivity contribution < 1.29 is 9.18 Å². The third kappa shape index (κ3) is 4.54. The summed E-state index contributed by atoms with van der Waals surface area (Å²) >= 11 is 7.47. The Balaban J connectivity index is 1.66. The maximum absolute atomic E-state index is 17.6. The van der Waals surface area contributed by atoms with Gasteiger partial charge in [-0.2, -0.15) is 10.1 Å². The summed E-state index contributed by atoms with van der Waals surface area (Å²) in [7, 11) is 1.83. The number of aromatic nitrogens is 5. The number of piperazine rings is 1. The summed E-state index contributed by atoms with van der Waals surface area (Å²) in [6.07, 6.45) is 4.70. The van der Waals surface area contributed by atoms with Gasteiger partial charge in [-0.05, 0) is 56.0 Å². The number of hydrogen-bond acceptors (Lipinski definition) is 7. The number of nitrogens with zero attached hydrogens (tertiary/aromatic N) is 7. The Morgan fingerprint density at radius 1 is 1.13 bits per heavy atom. The highest BCUT2D eigenvalue weighted by molar-refractivity contribution is 6.39. The van der Waals surface area contributed by atoms with Gasteiger partial charge < -0.3 is 14.7 Å². The lowest BCUT2D eigenvalue weighted by atomic mass is 9.93. The van der Waals surface area contributed by atoms with Gasteiger partial charge in [0.2, 0.25) is 5.91 Å². The van der Waals surface area contributed by atoms with Crippen LogP contribution in [0.1, 0.15) is 43.5 Å². The number of anilines is 2. The second-order valence-corrected chi connectivity index (χ2v) is 13.3. The van der Waals surface area contributed by atoms with E-state index >= 15 is 4.39 Å². The number of rotatable bonds is 4. The molecule has 1 fully saturated rings. The smallest absolute Gasteiger partial charge is 0.354 e. The summed E-state index contributed by atoms with van der Waals surface area (Å²) < 4.78 is 19.1. The molecule has 2 aliphatic heterocycles. The maximum Gasteiger partial charge on any atom is 0.354 e. The summed E-state index contributed by atoms with van der Waals surface area (Å²) in [5.41, 5.74) is 4.49. The molecule has 2 unspecified atom stereocenters. The topological polar surface area (TPSA) is 103 Å². The molecule has 2 atom stereocenters. The molecule has 1 N–H and O–H groups in total. The lowest BCUT2D eigenvalue weighted by Gasteiger charge is -2.45. The summed E-state index contributed by atoms with van der Waals surface area (Å²) in [6, 6.07) is 5.15. The average Bonchev–Trinajstić information content (AvgIpc) is 3.47. The lowest BCUT2D eigenvalue weighted by molar-refractivity contribution is -0.128. The molecule has 0 spiro atoms. The number of carbonyl (C=O) groups excluding carboxylic acids is 1.